The average Bonchev–Trinajstić information content (AvgIpc) is 2.97. The lowest BCUT2D eigenvalue weighted by atomic mass is 9.95. The molecule has 2 N–H and O–H groups in total. The molecule has 1 heterocycles. The van der Waals surface area contributed by atoms with Crippen LogP contribution in [0.4, 0.5) is 0 Å². The van der Waals surface area contributed by atoms with Crippen molar-refractivity contribution in [1.29, 1.82) is 0 Å². The summed E-state index contributed by atoms with van der Waals surface area (Å²) in [6.45, 7) is 1.23. The minimum atomic E-state index is 0.0702. The highest BCUT2D eigenvalue weighted by Gasteiger charge is 2.20. The van der Waals surface area contributed by atoms with Gasteiger partial charge in [-0.2, -0.15) is 0 Å². The molecule has 0 bridgehead atoms. The van der Waals surface area contributed by atoms with Crippen LogP contribution in [0.5, 0.6) is 11.5 Å². The quantitative estimate of drug-likeness (QED) is 0.894. The lowest BCUT2D eigenvalue weighted by Gasteiger charge is -2.22. The van der Waals surface area contributed by atoms with Gasteiger partial charge in [0.05, 0.1) is 0 Å². The third-order valence-electron chi connectivity index (χ3n) is 4.42. The van der Waals surface area contributed by atoms with Gasteiger partial charge in [-0.25, -0.2) is 0 Å². The van der Waals surface area contributed by atoms with Crippen molar-refractivity contribution in [1.82, 2.24) is 0 Å². The van der Waals surface area contributed by atoms with E-state index in [0.717, 1.165) is 33.9 Å². The van der Waals surface area contributed by atoms with Crippen molar-refractivity contribution in [3.8, 4) is 11.5 Å². The maximum Gasteiger partial charge on any atom is 0.162 e. The standard InChI is InChI=1S/C16H22BrNO2/c17-13-10-16-15(19-7-8-20-16)9-12(13)14(18)6-5-11-3-1-2-4-11/h9-11,14H,1-8,18H2. The van der Waals surface area contributed by atoms with Crippen molar-refractivity contribution in [3.63, 3.8) is 0 Å². The largest absolute Gasteiger partial charge is 0.486 e. The molecular weight excluding hydrogens is 318 g/mol. The molecule has 0 aromatic heterocycles. The molecule has 0 radical (unpaired) electrons. The van der Waals surface area contributed by atoms with Crippen LogP contribution in [0.25, 0.3) is 0 Å². The summed E-state index contributed by atoms with van der Waals surface area (Å²) in [5, 5.41) is 0. The van der Waals surface area contributed by atoms with Gasteiger partial charge >= 0.3 is 0 Å². The van der Waals surface area contributed by atoms with Crippen LogP contribution >= 0.6 is 15.9 Å². The number of benzene rings is 1. The van der Waals surface area contributed by atoms with E-state index in [2.05, 4.69) is 15.9 Å². The Morgan fingerprint density at radius 3 is 2.50 bits per heavy atom. The first kappa shape index (κ1) is 14.2. The van der Waals surface area contributed by atoms with Crippen LogP contribution in [-0.2, 0) is 0 Å². The summed E-state index contributed by atoms with van der Waals surface area (Å²) in [5.74, 6) is 2.53. The highest BCUT2D eigenvalue weighted by Crippen LogP contribution is 2.39. The Labute approximate surface area is 129 Å². The van der Waals surface area contributed by atoms with Crippen molar-refractivity contribution >= 4 is 15.9 Å². The Kier molecular flexibility index (Phi) is 4.51. The Bertz CT molecular complexity index is 472. The molecule has 2 aliphatic rings. The molecule has 4 heteroatoms. The summed E-state index contributed by atoms with van der Waals surface area (Å²) < 4.78 is 12.3. The molecule has 0 saturated heterocycles. The summed E-state index contributed by atoms with van der Waals surface area (Å²) in [6, 6.07) is 4.10. The summed E-state index contributed by atoms with van der Waals surface area (Å²) >= 11 is 3.61. The van der Waals surface area contributed by atoms with Crippen molar-refractivity contribution in [2.45, 2.75) is 44.6 Å². The van der Waals surface area contributed by atoms with E-state index in [1.54, 1.807) is 0 Å². The Morgan fingerprint density at radius 2 is 1.80 bits per heavy atom. The molecule has 110 valence electrons. The van der Waals surface area contributed by atoms with E-state index in [0.29, 0.717) is 13.2 Å². The van der Waals surface area contributed by atoms with Crippen LogP contribution in [-0.4, -0.2) is 13.2 Å². The van der Waals surface area contributed by atoms with Crippen LogP contribution in [0, 0.1) is 5.92 Å². The lowest BCUT2D eigenvalue weighted by molar-refractivity contribution is 0.171. The monoisotopic (exact) mass is 339 g/mol. The van der Waals surface area contributed by atoms with Crippen LogP contribution < -0.4 is 15.2 Å². The SMILES string of the molecule is NC(CCC1CCCC1)c1cc2c(cc1Br)OCCO2. The van der Waals surface area contributed by atoms with Crippen molar-refractivity contribution in [2.75, 3.05) is 13.2 Å². The molecule has 1 unspecified atom stereocenters. The van der Waals surface area contributed by atoms with Gasteiger partial charge in [-0.3, -0.25) is 0 Å². The average molecular weight is 340 g/mol. The van der Waals surface area contributed by atoms with Crippen molar-refractivity contribution in [2.24, 2.45) is 11.7 Å². The summed E-state index contributed by atoms with van der Waals surface area (Å²) in [6.07, 6.45) is 7.84. The highest BCUT2D eigenvalue weighted by molar-refractivity contribution is 9.10. The number of fused-ring (bicyclic) bond motifs is 1. The van der Waals surface area contributed by atoms with Gasteiger partial charge in [-0.05, 0) is 36.5 Å². The predicted molar refractivity (Wildman–Crippen MR) is 83.3 cm³/mol. The lowest BCUT2D eigenvalue weighted by Crippen LogP contribution is -2.17. The van der Waals surface area contributed by atoms with E-state index in [4.69, 9.17) is 15.2 Å². The molecule has 20 heavy (non-hydrogen) atoms. The predicted octanol–water partition coefficient (Wildman–Crippen LogP) is 4.19. The fourth-order valence-electron chi connectivity index (χ4n) is 3.23. The summed E-state index contributed by atoms with van der Waals surface area (Å²) in [7, 11) is 0. The van der Waals surface area contributed by atoms with Crippen LogP contribution in [0.2, 0.25) is 0 Å². The Morgan fingerprint density at radius 1 is 1.15 bits per heavy atom. The molecule has 1 saturated carbocycles. The topological polar surface area (TPSA) is 44.5 Å². The maximum atomic E-state index is 6.38. The number of nitrogens with two attached hydrogens (primary N) is 1. The molecule has 3 rings (SSSR count). The minimum absolute atomic E-state index is 0.0702. The summed E-state index contributed by atoms with van der Waals surface area (Å²) in [4.78, 5) is 0. The van der Waals surface area contributed by atoms with Gasteiger partial charge < -0.3 is 15.2 Å². The van der Waals surface area contributed by atoms with Crippen molar-refractivity contribution < 1.29 is 9.47 Å². The Balaban J connectivity index is 1.68. The molecule has 3 nitrogen and oxygen atoms in total. The van der Waals surface area contributed by atoms with Gasteiger partial charge in [0.2, 0.25) is 0 Å². The van der Waals surface area contributed by atoms with E-state index in [9.17, 15) is 0 Å². The third-order valence-corrected chi connectivity index (χ3v) is 5.11. The zero-order chi connectivity index (χ0) is 13.9. The fraction of sp³-hybridized carbons (Fsp3) is 0.625. The second kappa shape index (κ2) is 6.35. The zero-order valence-electron chi connectivity index (χ0n) is 11.7. The van der Waals surface area contributed by atoms with E-state index < -0.39 is 0 Å². The normalized spacial score (nSPS) is 20.1. The number of ether oxygens (including phenoxy) is 2. The second-order valence-corrected chi connectivity index (χ2v) is 6.71. The van der Waals surface area contributed by atoms with E-state index in [-0.39, 0.29) is 6.04 Å². The minimum Gasteiger partial charge on any atom is -0.486 e. The summed E-state index contributed by atoms with van der Waals surface area (Å²) in [5.41, 5.74) is 7.51. The first-order chi connectivity index (χ1) is 9.74. The number of hydrogen-bond donors (Lipinski definition) is 1. The van der Waals surface area contributed by atoms with Gasteiger partial charge in [0.15, 0.2) is 11.5 Å². The van der Waals surface area contributed by atoms with Gasteiger partial charge in [0, 0.05) is 10.5 Å². The van der Waals surface area contributed by atoms with Crippen molar-refractivity contribution in [3.05, 3.63) is 22.2 Å². The molecule has 1 aromatic carbocycles. The van der Waals surface area contributed by atoms with Gasteiger partial charge in [0.1, 0.15) is 13.2 Å². The fourth-order valence-corrected chi connectivity index (χ4v) is 3.85. The molecular formula is C16H22BrNO2. The van der Waals surface area contributed by atoms with E-state index in [1.165, 1.54) is 32.1 Å². The molecule has 0 spiro atoms. The number of rotatable bonds is 4. The molecule has 1 fully saturated rings. The van der Waals surface area contributed by atoms with E-state index in [1.807, 2.05) is 12.1 Å². The smallest absolute Gasteiger partial charge is 0.162 e. The number of hydrogen-bond acceptors (Lipinski definition) is 3. The molecule has 1 aliphatic carbocycles. The van der Waals surface area contributed by atoms with Gasteiger partial charge in [-0.15, -0.1) is 0 Å². The first-order valence-corrected chi connectivity index (χ1v) is 8.38. The van der Waals surface area contributed by atoms with Gasteiger partial charge in [-0.1, -0.05) is 41.6 Å². The Hall–Kier alpha value is -0.740. The van der Waals surface area contributed by atoms with Crippen LogP contribution in [0.1, 0.15) is 50.1 Å². The van der Waals surface area contributed by atoms with Crippen LogP contribution in [0.15, 0.2) is 16.6 Å². The molecule has 1 aromatic rings. The zero-order valence-corrected chi connectivity index (χ0v) is 13.3. The molecule has 1 aliphatic heterocycles. The maximum absolute atomic E-state index is 6.38. The van der Waals surface area contributed by atoms with Crippen LogP contribution in [0.3, 0.4) is 0 Å². The molecule has 0 amide bonds. The number of halogens is 1. The highest BCUT2D eigenvalue weighted by atomic mass is 79.9. The second-order valence-electron chi connectivity index (χ2n) is 5.85. The molecule has 1 atom stereocenters. The first-order valence-electron chi connectivity index (χ1n) is 7.58. The van der Waals surface area contributed by atoms with Gasteiger partial charge in [0.25, 0.3) is 0 Å². The third kappa shape index (κ3) is 3.12. The van der Waals surface area contributed by atoms with E-state index >= 15 is 0 Å².